The topological polar surface area (TPSA) is 102 Å². The Morgan fingerprint density at radius 3 is 2.57 bits per heavy atom. The van der Waals surface area contributed by atoms with Gasteiger partial charge in [0.15, 0.2) is 11.5 Å². The fourth-order valence-electron chi connectivity index (χ4n) is 3.08. The molecular weight excluding hydrogens is 364 g/mol. The zero-order valence-electron chi connectivity index (χ0n) is 16.8. The summed E-state index contributed by atoms with van der Waals surface area (Å²) in [7, 11) is 1.52. The summed E-state index contributed by atoms with van der Waals surface area (Å²) >= 11 is 0. The molecule has 152 valence electrons. The molecule has 8 heteroatoms. The average molecular weight is 390 g/mol. The lowest BCUT2D eigenvalue weighted by Gasteiger charge is -2.27. The van der Waals surface area contributed by atoms with E-state index in [2.05, 4.69) is 4.98 Å². The minimum absolute atomic E-state index is 0.144. The van der Waals surface area contributed by atoms with Crippen LogP contribution in [0.1, 0.15) is 56.5 Å². The van der Waals surface area contributed by atoms with Gasteiger partial charge in [-0.2, -0.15) is 0 Å². The van der Waals surface area contributed by atoms with Crippen LogP contribution in [0.5, 0.6) is 0 Å². The van der Waals surface area contributed by atoms with E-state index in [1.165, 1.54) is 18.3 Å². The molecule has 0 radical (unpaired) electrons. The predicted octanol–water partition coefficient (Wildman–Crippen LogP) is 2.76. The Bertz CT molecular complexity index is 837. The molecule has 0 spiro atoms. The second-order valence-electron chi connectivity index (χ2n) is 6.35. The largest absolute Gasteiger partial charge is 0.461 e. The summed E-state index contributed by atoms with van der Waals surface area (Å²) in [5, 5.41) is 0. The Balaban J connectivity index is 2.34. The number of nitrogens with zero attached hydrogens (tertiary/aromatic N) is 1. The lowest BCUT2D eigenvalue weighted by Crippen LogP contribution is -2.45. The number of esters is 1. The second kappa shape index (κ2) is 9.36. The number of hydrogen-bond acceptors (Lipinski definition) is 6. The van der Waals surface area contributed by atoms with Crippen LogP contribution in [0.3, 0.4) is 0 Å². The van der Waals surface area contributed by atoms with Crippen LogP contribution in [0.25, 0.3) is 0 Å². The Kier molecular flexibility index (Phi) is 7.17. The van der Waals surface area contributed by atoms with Crippen molar-refractivity contribution in [1.29, 1.82) is 0 Å². The van der Waals surface area contributed by atoms with Crippen LogP contribution in [-0.2, 0) is 9.47 Å². The summed E-state index contributed by atoms with van der Waals surface area (Å²) in [4.78, 5) is 42.5. The lowest BCUT2D eigenvalue weighted by molar-refractivity contribution is 0.0517. The maximum absolute atomic E-state index is 13.2. The van der Waals surface area contributed by atoms with Crippen LogP contribution >= 0.6 is 0 Å². The van der Waals surface area contributed by atoms with Gasteiger partial charge in [-0.15, -0.1) is 0 Å². The van der Waals surface area contributed by atoms with Gasteiger partial charge < -0.3 is 23.8 Å². The SMILES string of the molecule is CCOC(=O)c1[nH]c(C)c(C(=O)C(C)N(CCOC)C(=O)c2ccco2)c1C. The Labute approximate surface area is 163 Å². The highest BCUT2D eigenvalue weighted by Crippen LogP contribution is 2.23. The van der Waals surface area contributed by atoms with E-state index in [-0.39, 0.29) is 37.0 Å². The van der Waals surface area contributed by atoms with E-state index in [9.17, 15) is 14.4 Å². The van der Waals surface area contributed by atoms with Crippen LogP contribution in [0.4, 0.5) is 0 Å². The van der Waals surface area contributed by atoms with Crippen LogP contribution in [0, 0.1) is 13.8 Å². The van der Waals surface area contributed by atoms with Crippen LogP contribution in [0.15, 0.2) is 22.8 Å². The minimum Gasteiger partial charge on any atom is -0.461 e. The minimum atomic E-state index is -0.781. The molecule has 1 unspecified atom stereocenters. The third-order valence-corrected chi connectivity index (χ3v) is 4.54. The number of aromatic amines is 1. The van der Waals surface area contributed by atoms with Gasteiger partial charge in [-0.3, -0.25) is 9.59 Å². The van der Waals surface area contributed by atoms with Gasteiger partial charge in [0.1, 0.15) is 5.69 Å². The first-order valence-corrected chi connectivity index (χ1v) is 9.07. The number of hydrogen-bond donors (Lipinski definition) is 1. The molecule has 2 aromatic rings. The lowest BCUT2D eigenvalue weighted by atomic mass is 9.99. The summed E-state index contributed by atoms with van der Waals surface area (Å²) in [5.74, 6) is -1.06. The normalized spacial score (nSPS) is 11.9. The highest BCUT2D eigenvalue weighted by Gasteiger charge is 2.32. The van der Waals surface area contributed by atoms with Gasteiger partial charge in [0, 0.05) is 24.9 Å². The summed E-state index contributed by atoms with van der Waals surface area (Å²) in [6.45, 7) is 7.48. The second-order valence-corrected chi connectivity index (χ2v) is 6.35. The van der Waals surface area contributed by atoms with Crippen molar-refractivity contribution >= 4 is 17.7 Å². The molecule has 1 N–H and O–H groups in total. The predicted molar refractivity (Wildman–Crippen MR) is 102 cm³/mol. The number of Topliss-reactive ketones (excluding diaryl/α,β-unsaturated/α-hetero) is 1. The van der Waals surface area contributed by atoms with Gasteiger partial charge >= 0.3 is 5.97 Å². The van der Waals surface area contributed by atoms with E-state index in [1.54, 1.807) is 39.8 Å². The Morgan fingerprint density at radius 1 is 1.29 bits per heavy atom. The van der Waals surface area contributed by atoms with Crippen molar-refractivity contribution in [1.82, 2.24) is 9.88 Å². The molecule has 1 atom stereocenters. The fraction of sp³-hybridized carbons (Fsp3) is 0.450. The van der Waals surface area contributed by atoms with Crippen LogP contribution in [0.2, 0.25) is 0 Å². The molecule has 0 aliphatic heterocycles. The van der Waals surface area contributed by atoms with Crippen molar-refractivity contribution < 1.29 is 28.3 Å². The number of furan rings is 1. The van der Waals surface area contributed by atoms with Gasteiger partial charge in [0.2, 0.25) is 0 Å². The zero-order chi connectivity index (χ0) is 20.8. The molecule has 0 aliphatic rings. The molecule has 2 heterocycles. The number of aromatic nitrogens is 1. The first-order chi connectivity index (χ1) is 13.3. The van der Waals surface area contributed by atoms with E-state index in [0.29, 0.717) is 16.8 Å². The van der Waals surface area contributed by atoms with Gasteiger partial charge in [-0.25, -0.2) is 4.79 Å². The smallest absolute Gasteiger partial charge is 0.355 e. The van der Waals surface area contributed by atoms with Crippen molar-refractivity contribution in [3.05, 3.63) is 46.7 Å². The maximum atomic E-state index is 13.2. The molecule has 2 aromatic heterocycles. The van der Waals surface area contributed by atoms with Crippen molar-refractivity contribution in [2.45, 2.75) is 33.7 Å². The average Bonchev–Trinajstić information content (AvgIpc) is 3.29. The first kappa shape index (κ1) is 21.4. The monoisotopic (exact) mass is 390 g/mol. The molecule has 1 amide bonds. The molecule has 0 bridgehead atoms. The van der Waals surface area contributed by atoms with Crippen molar-refractivity contribution in [2.24, 2.45) is 0 Å². The van der Waals surface area contributed by atoms with Crippen molar-refractivity contribution in [2.75, 3.05) is 26.9 Å². The number of ketones is 1. The fourth-order valence-corrected chi connectivity index (χ4v) is 3.08. The summed E-state index contributed by atoms with van der Waals surface area (Å²) in [6.07, 6.45) is 1.40. The van der Waals surface area contributed by atoms with Gasteiger partial charge in [-0.05, 0) is 45.4 Å². The third-order valence-electron chi connectivity index (χ3n) is 4.54. The molecule has 28 heavy (non-hydrogen) atoms. The van der Waals surface area contributed by atoms with Crippen molar-refractivity contribution in [3.63, 3.8) is 0 Å². The van der Waals surface area contributed by atoms with Gasteiger partial charge in [-0.1, -0.05) is 0 Å². The summed E-state index contributed by atoms with van der Waals surface area (Å²) < 4.78 is 15.3. The quantitative estimate of drug-likeness (QED) is 0.522. The van der Waals surface area contributed by atoms with Crippen LogP contribution < -0.4 is 0 Å². The zero-order valence-corrected chi connectivity index (χ0v) is 16.8. The molecule has 0 fully saturated rings. The molecular formula is C20H26N2O6. The standard InChI is InChI=1S/C20H26N2O6/c1-6-27-20(25)17-12(2)16(13(3)21-17)18(23)14(4)22(9-11-26-5)19(24)15-8-7-10-28-15/h7-8,10,14,21H,6,9,11H2,1-5H3. The van der Waals surface area contributed by atoms with E-state index >= 15 is 0 Å². The Hall–Kier alpha value is -2.87. The number of rotatable bonds is 9. The molecule has 0 saturated carbocycles. The van der Waals surface area contributed by atoms with E-state index in [4.69, 9.17) is 13.9 Å². The highest BCUT2D eigenvalue weighted by molar-refractivity contribution is 6.07. The van der Waals surface area contributed by atoms with E-state index in [1.807, 2.05) is 0 Å². The molecule has 2 rings (SSSR count). The number of carbonyl (C=O) groups excluding carboxylic acids is 3. The van der Waals surface area contributed by atoms with Gasteiger partial charge in [0.25, 0.3) is 5.91 Å². The van der Waals surface area contributed by atoms with E-state index < -0.39 is 17.9 Å². The van der Waals surface area contributed by atoms with Gasteiger partial charge in [0.05, 0.1) is 25.5 Å². The number of methoxy groups -OCH3 is 1. The highest BCUT2D eigenvalue weighted by atomic mass is 16.5. The number of ether oxygens (including phenoxy) is 2. The first-order valence-electron chi connectivity index (χ1n) is 9.07. The van der Waals surface area contributed by atoms with Crippen LogP contribution in [-0.4, -0.2) is 60.5 Å². The number of nitrogens with one attached hydrogen (secondary N) is 1. The van der Waals surface area contributed by atoms with Crippen molar-refractivity contribution in [3.8, 4) is 0 Å². The van der Waals surface area contributed by atoms with E-state index in [0.717, 1.165) is 0 Å². The Morgan fingerprint density at radius 2 is 2.00 bits per heavy atom. The summed E-state index contributed by atoms with van der Waals surface area (Å²) in [6, 6.07) is 2.38. The molecule has 8 nitrogen and oxygen atoms in total. The number of H-pyrrole nitrogens is 1. The third kappa shape index (κ3) is 4.33. The maximum Gasteiger partial charge on any atom is 0.355 e. The molecule has 0 saturated heterocycles. The number of carbonyl (C=O) groups is 3. The number of amides is 1. The molecule has 0 aliphatic carbocycles. The number of aryl methyl sites for hydroxylation is 1. The molecule has 0 aromatic carbocycles. The summed E-state index contributed by atoms with van der Waals surface area (Å²) in [5.41, 5.74) is 1.68.